The van der Waals surface area contributed by atoms with E-state index in [1.54, 1.807) is 30.5 Å². The minimum atomic E-state index is -0.288. The first kappa shape index (κ1) is 13.3. The van der Waals surface area contributed by atoms with E-state index >= 15 is 0 Å². The van der Waals surface area contributed by atoms with Crippen molar-refractivity contribution in [2.45, 2.75) is 0 Å². The lowest BCUT2D eigenvalue weighted by Gasteiger charge is -1.99. The molecule has 0 bridgehead atoms. The smallest absolute Gasteiger partial charge is 0.267 e. The van der Waals surface area contributed by atoms with E-state index < -0.39 is 0 Å². The van der Waals surface area contributed by atoms with Gasteiger partial charge in [-0.1, -0.05) is 17.7 Å². The molecule has 0 unspecified atom stereocenters. The maximum absolute atomic E-state index is 11.7. The Kier molecular flexibility index (Phi) is 4.52. The van der Waals surface area contributed by atoms with E-state index in [0.717, 1.165) is 8.66 Å². The first-order valence-electron chi connectivity index (χ1n) is 4.99. The van der Waals surface area contributed by atoms with Crippen molar-refractivity contribution >= 4 is 51.0 Å². The Morgan fingerprint density at radius 1 is 1.39 bits per heavy atom. The summed E-state index contributed by atoms with van der Waals surface area (Å²) in [4.78, 5) is 12.7. The third kappa shape index (κ3) is 3.66. The fourth-order valence-electron chi connectivity index (χ4n) is 1.25. The number of hydrogen-bond donors (Lipinski definition) is 1. The molecule has 0 saturated heterocycles. The van der Waals surface area contributed by atoms with Crippen molar-refractivity contribution in [1.29, 1.82) is 0 Å². The van der Waals surface area contributed by atoms with Crippen molar-refractivity contribution in [3.8, 4) is 0 Å². The van der Waals surface area contributed by atoms with Gasteiger partial charge in [0.05, 0.1) is 10.0 Å². The molecular formula is C12H8BrClN2OS. The molecule has 3 nitrogen and oxygen atoms in total. The van der Waals surface area contributed by atoms with Gasteiger partial charge in [-0.05, 0) is 46.3 Å². The molecule has 6 heteroatoms. The van der Waals surface area contributed by atoms with Gasteiger partial charge in [-0.3, -0.25) is 4.79 Å². The Morgan fingerprint density at radius 3 is 2.89 bits per heavy atom. The normalized spacial score (nSPS) is 10.8. The van der Waals surface area contributed by atoms with Gasteiger partial charge in [-0.25, -0.2) is 5.43 Å². The largest absolute Gasteiger partial charge is 0.271 e. The van der Waals surface area contributed by atoms with E-state index in [1.807, 2.05) is 12.1 Å². The highest BCUT2D eigenvalue weighted by atomic mass is 79.9. The predicted octanol–water partition coefficient (Wildman–Crippen LogP) is 3.93. The highest BCUT2D eigenvalue weighted by Crippen LogP contribution is 2.20. The Hall–Kier alpha value is -1.17. The van der Waals surface area contributed by atoms with Gasteiger partial charge in [-0.2, -0.15) is 5.10 Å². The number of benzene rings is 1. The SMILES string of the molecule is O=C(NN=Cc1ccc(Br)s1)c1cccc(Cl)c1. The number of thiophene rings is 1. The van der Waals surface area contributed by atoms with E-state index in [4.69, 9.17) is 11.6 Å². The third-order valence-corrected chi connectivity index (χ3v) is 3.83. The van der Waals surface area contributed by atoms with Gasteiger partial charge in [0.2, 0.25) is 0 Å². The van der Waals surface area contributed by atoms with Crippen LogP contribution in [0.25, 0.3) is 0 Å². The summed E-state index contributed by atoms with van der Waals surface area (Å²) < 4.78 is 1.02. The number of carbonyl (C=O) groups excluding carboxylic acids is 1. The topological polar surface area (TPSA) is 41.5 Å². The molecule has 0 aliphatic rings. The van der Waals surface area contributed by atoms with Crippen LogP contribution in [0, 0.1) is 0 Å². The van der Waals surface area contributed by atoms with Crippen molar-refractivity contribution in [2.24, 2.45) is 5.10 Å². The van der Waals surface area contributed by atoms with Gasteiger partial charge in [0, 0.05) is 15.5 Å². The highest BCUT2D eigenvalue weighted by Gasteiger charge is 2.03. The lowest BCUT2D eigenvalue weighted by Crippen LogP contribution is -2.17. The zero-order chi connectivity index (χ0) is 13.0. The van der Waals surface area contributed by atoms with Crippen LogP contribution in [0.15, 0.2) is 45.3 Å². The van der Waals surface area contributed by atoms with E-state index in [9.17, 15) is 4.79 Å². The predicted molar refractivity (Wildman–Crippen MR) is 78.5 cm³/mol. The maximum Gasteiger partial charge on any atom is 0.271 e. The van der Waals surface area contributed by atoms with E-state index in [-0.39, 0.29) is 5.91 Å². The van der Waals surface area contributed by atoms with Crippen LogP contribution in [0.1, 0.15) is 15.2 Å². The van der Waals surface area contributed by atoms with Gasteiger partial charge in [0.15, 0.2) is 0 Å². The average molecular weight is 344 g/mol. The molecule has 1 aromatic carbocycles. The molecule has 0 atom stereocenters. The van der Waals surface area contributed by atoms with E-state index in [2.05, 4.69) is 26.5 Å². The van der Waals surface area contributed by atoms with Crippen molar-refractivity contribution in [3.63, 3.8) is 0 Å². The van der Waals surface area contributed by atoms with Crippen molar-refractivity contribution in [3.05, 3.63) is 55.6 Å². The summed E-state index contributed by atoms with van der Waals surface area (Å²) in [6, 6.07) is 10.5. The standard InChI is InChI=1S/C12H8BrClN2OS/c13-11-5-4-10(18-11)7-15-16-12(17)8-2-1-3-9(14)6-8/h1-7H,(H,16,17). The van der Waals surface area contributed by atoms with Crippen LogP contribution < -0.4 is 5.43 Å². The molecule has 92 valence electrons. The van der Waals surface area contributed by atoms with Gasteiger partial charge < -0.3 is 0 Å². The first-order valence-corrected chi connectivity index (χ1v) is 6.98. The molecule has 0 radical (unpaired) electrons. The Morgan fingerprint density at radius 2 is 2.22 bits per heavy atom. The number of hydrogen-bond acceptors (Lipinski definition) is 3. The van der Waals surface area contributed by atoms with Crippen LogP contribution >= 0.6 is 38.9 Å². The highest BCUT2D eigenvalue weighted by molar-refractivity contribution is 9.11. The summed E-state index contributed by atoms with van der Waals surface area (Å²) in [5, 5.41) is 4.40. The van der Waals surface area contributed by atoms with Crippen LogP contribution in [0.5, 0.6) is 0 Å². The molecule has 0 aliphatic carbocycles. The van der Waals surface area contributed by atoms with Crippen LogP contribution in [0.4, 0.5) is 0 Å². The van der Waals surface area contributed by atoms with Crippen LogP contribution in [-0.2, 0) is 0 Å². The van der Waals surface area contributed by atoms with Crippen LogP contribution in [-0.4, -0.2) is 12.1 Å². The molecule has 0 aliphatic heterocycles. The molecule has 1 amide bonds. The molecular weight excluding hydrogens is 336 g/mol. The van der Waals surface area contributed by atoms with Crippen LogP contribution in [0.2, 0.25) is 5.02 Å². The third-order valence-electron chi connectivity index (χ3n) is 2.04. The zero-order valence-corrected chi connectivity index (χ0v) is 12.2. The molecule has 1 N–H and O–H groups in total. The summed E-state index contributed by atoms with van der Waals surface area (Å²) in [7, 11) is 0. The number of nitrogens with zero attached hydrogens (tertiary/aromatic N) is 1. The first-order chi connectivity index (χ1) is 8.65. The number of amides is 1. The Bertz CT molecular complexity index is 597. The second-order valence-electron chi connectivity index (χ2n) is 3.35. The maximum atomic E-state index is 11.7. The Balaban J connectivity index is 1.98. The number of carbonyl (C=O) groups is 1. The molecule has 0 spiro atoms. The van der Waals surface area contributed by atoms with Crippen LogP contribution in [0.3, 0.4) is 0 Å². The summed E-state index contributed by atoms with van der Waals surface area (Å²) in [5.74, 6) is -0.288. The van der Waals surface area contributed by atoms with Gasteiger partial charge in [0.25, 0.3) is 5.91 Å². The average Bonchev–Trinajstić information content (AvgIpc) is 2.75. The molecule has 1 aromatic heterocycles. The minimum Gasteiger partial charge on any atom is -0.267 e. The summed E-state index contributed by atoms with van der Waals surface area (Å²) in [5.41, 5.74) is 2.93. The van der Waals surface area contributed by atoms with Gasteiger partial charge in [-0.15, -0.1) is 11.3 Å². The number of nitrogens with one attached hydrogen (secondary N) is 1. The monoisotopic (exact) mass is 342 g/mol. The summed E-state index contributed by atoms with van der Waals surface area (Å²) >= 11 is 10.7. The molecule has 2 rings (SSSR count). The molecule has 0 saturated carbocycles. The fraction of sp³-hybridized carbons (Fsp3) is 0. The van der Waals surface area contributed by atoms with Crippen molar-refractivity contribution in [2.75, 3.05) is 0 Å². The second kappa shape index (κ2) is 6.13. The summed E-state index contributed by atoms with van der Waals surface area (Å²) in [6.45, 7) is 0. The molecule has 2 aromatic rings. The number of halogens is 2. The van der Waals surface area contributed by atoms with E-state index in [0.29, 0.717) is 10.6 Å². The van der Waals surface area contributed by atoms with Gasteiger partial charge in [0.1, 0.15) is 0 Å². The van der Waals surface area contributed by atoms with E-state index in [1.165, 1.54) is 11.3 Å². The zero-order valence-electron chi connectivity index (χ0n) is 9.06. The number of rotatable bonds is 3. The second-order valence-corrected chi connectivity index (χ2v) is 6.28. The quantitative estimate of drug-likeness (QED) is 0.666. The van der Waals surface area contributed by atoms with Crippen molar-refractivity contribution in [1.82, 2.24) is 5.43 Å². The summed E-state index contributed by atoms with van der Waals surface area (Å²) in [6.07, 6.45) is 1.60. The lowest BCUT2D eigenvalue weighted by molar-refractivity contribution is 0.0955. The Labute approximate surface area is 122 Å². The number of hydrazone groups is 1. The van der Waals surface area contributed by atoms with Crippen molar-refractivity contribution < 1.29 is 4.79 Å². The molecule has 1 heterocycles. The molecule has 18 heavy (non-hydrogen) atoms. The molecule has 0 fully saturated rings. The van der Waals surface area contributed by atoms with Gasteiger partial charge >= 0.3 is 0 Å². The fourth-order valence-corrected chi connectivity index (χ4v) is 2.73. The minimum absolute atomic E-state index is 0.288. The lowest BCUT2D eigenvalue weighted by atomic mass is 10.2.